The number of likely N-dealkylation sites (tertiary alicyclic amines) is 1. The number of benzene rings is 2. The number of halogens is 3. The van der Waals surface area contributed by atoms with E-state index in [-0.39, 0.29) is 17.5 Å². The van der Waals surface area contributed by atoms with E-state index < -0.39 is 63.2 Å². The maximum absolute atomic E-state index is 15.5. The smallest absolute Gasteiger partial charge is 0.254 e. The Morgan fingerprint density at radius 3 is 2.47 bits per heavy atom. The van der Waals surface area contributed by atoms with E-state index in [9.17, 15) is 22.7 Å². The summed E-state index contributed by atoms with van der Waals surface area (Å²) >= 11 is 0. The molecule has 0 bridgehead atoms. The van der Waals surface area contributed by atoms with E-state index in [1.807, 2.05) is 0 Å². The van der Waals surface area contributed by atoms with Crippen molar-refractivity contribution in [1.82, 2.24) is 9.62 Å². The van der Waals surface area contributed by atoms with Crippen LogP contribution >= 0.6 is 0 Å². The Kier molecular flexibility index (Phi) is 6.52. The first-order valence-electron chi connectivity index (χ1n) is 11.1. The van der Waals surface area contributed by atoms with E-state index in [1.165, 1.54) is 44.2 Å². The molecule has 2 aromatic carbocycles. The molecule has 1 saturated carbocycles. The van der Waals surface area contributed by atoms with Crippen molar-refractivity contribution in [3.8, 4) is 11.1 Å². The van der Waals surface area contributed by atoms with Crippen LogP contribution in [-0.2, 0) is 21.2 Å². The molecular formula is C24H27F3N2O4S. The molecular weight excluding hydrogens is 469 g/mol. The third-order valence-corrected chi connectivity index (χ3v) is 8.22. The number of carbonyl (C=O) groups excluding carboxylic acids is 1. The summed E-state index contributed by atoms with van der Waals surface area (Å²) < 4.78 is 71.8. The minimum absolute atomic E-state index is 0.116. The number of nitrogens with zero attached hydrogens (tertiary/aromatic N) is 1. The highest BCUT2D eigenvalue weighted by molar-refractivity contribution is 7.90. The van der Waals surface area contributed by atoms with Crippen LogP contribution in [0.15, 0.2) is 42.5 Å². The van der Waals surface area contributed by atoms with Gasteiger partial charge >= 0.3 is 0 Å². The molecule has 34 heavy (non-hydrogen) atoms. The summed E-state index contributed by atoms with van der Waals surface area (Å²) in [5, 5.41) is 9.64. The van der Waals surface area contributed by atoms with Crippen LogP contribution in [0, 0.1) is 11.6 Å². The predicted molar refractivity (Wildman–Crippen MR) is 121 cm³/mol. The molecule has 1 saturated heterocycles. The number of aliphatic hydroxyl groups is 1. The quantitative estimate of drug-likeness (QED) is 0.617. The third kappa shape index (κ3) is 4.99. The van der Waals surface area contributed by atoms with Gasteiger partial charge in [0.1, 0.15) is 23.4 Å². The molecule has 184 valence electrons. The first-order chi connectivity index (χ1) is 15.9. The first kappa shape index (κ1) is 24.7. The number of amides is 1. The van der Waals surface area contributed by atoms with Crippen LogP contribution in [0.5, 0.6) is 0 Å². The second-order valence-electron chi connectivity index (χ2n) is 9.48. The van der Waals surface area contributed by atoms with Gasteiger partial charge < -0.3 is 10.0 Å². The lowest BCUT2D eigenvalue weighted by molar-refractivity contribution is -0.149. The zero-order valence-corrected chi connectivity index (χ0v) is 19.7. The number of sulfonamides is 1. The first-order valence-corrected chi connectivity index (χ1v) is 12.6. The summed E-state index contributed by atoms with van der Waals surface area (Å²) in [5.74, 6) is -1.99. The standard InChI is InChI=1S/C24H27F3N2O4S/c1-24(2,31)23(30)29-13-19(26)22(28-34(32,33)17-9-10-17)20(29)12-15-6-4-8-18(21(15)27)14-5-3-7-16(25)11-14/h3-8,11,17,19-20,22,28,31H,9-10,12-13H2,1-2H3/t19-,20-,22-/m0/s1. The number of nitrogens with one attached hydrogen (secondary N) is 1. The van der Waals surface area contributed by atoms with Crippen LogP contribution in [0.4, 0.5) is 13.2 Å². The number of alkyl halides is 1. The zero-order chi connectivity index (χ0) is 24.8. The lowest BCUT2D eigenvalue weighted by atomic mass is 9.95. The van der Waals surface area contributed by atoms with Crippen molar-refractivity contribution in [3.63, 3.8) is 0 Å². The average molecular weight is 497 g/mol. The summed E-state index contributed by atoms with van der Waals surface area (Å²) in [6, 6.07) is 7.56. The average Bonchev–Trinajstić information content (AvgIpc) is 3.57. The van der Waals surface area contributed by atoms with Crippen molar-refractivity contribution in [2.45, 2.75) is 62.2 Å². The van der Waals surface area contributed by atoms with Crippen molar-refractivity contribution in [1.29, 1.82) is 0 Å². The Morgan fingerprint density at radius 2 is 1.85 bits per heavy atom. The Bertz CT molecular complexity index is 1190. The molecule has 2 aromatic rings. The van der Waals surface area contributed by atoms with Crippen LogP contribution in [0.2, 0.25) is 0 Å². The van der Waals surface area contributed by atoms with Gasteiger partial charge in [-0.25, -0.2) is 26.3 Å². The fourth-order valence-electron chi connectivity index (χ4n) is 4.35. The fourth-order valence-corrected chi connectivity index (χ4v) is 5.99. The summed E-state index contributed by atoms with van der Waals surface area (Å²) in [5.41, 5.74) is -1.28. The van der Waals surface area contributed by atoms with Gasteiger partial charge in [-0.15, -0.1) is 0 Å². The lowest BCUT2D eigenvalue weighted by Gasteiger charge is -2.32. The van der Waals surface area contributed by atoms with Crippen LogP contribution in [0.25, 0.3) is 11.1 Å². The lowest BCUT2D eigenvalue weighted by Crippen LogP contribution is -2.53. The Balaban J connectivity index is 1.70. The molecule has 2 N–H and O–H groups in total. The van der Waals surface area contributed by atoms with Gasteiger partial charge in [-0.3, -0.25) is 4.79 Å². The van der Waals surface area contributed by atoms with E-state index in [4.69, 9.17) is 0 Å². The van der Waals surface area contributed by atoms with Gasteiger partial charge in [0.2, 0.25) is 10.0 Å². The Labute approximate surface area is 196 Å². The van der Waals surface area contributed by atoms with Crippen LogP contribution in [-0.4, -0.2) is 60.0 Å². The minimum atomic E-state index is -3.81. The zero-order valence-electron chi connectivity index (χ0n) is 18.8. The van der Waals surface area contributed by atoms with Crippen LogP contribution < -0.4 is 4.72 Å². The molecule has 1 amide bonds. The van der Waals surface area contributed by atoms with Gasteiger partial charge in [0.05, 0.1) is 23.9 Å². The Hall–Kier alpha value is -2.43. The molecule has 4 rings (SSSR count). The van der Waals surface area contributed by atoms with Gasteiger partial charge in [-0.1, -0.05) is 30.3 Å². The molecule has 1 aliphatic carbocycles. The maximum atomic E-state index is 15.5. The third-order valence-electron chi connectivity index (χ3n) is 6.27. The molecule has 2 aliphatic rings. The highest BCUT2D eigenvalue weighted by atomic mass is 32.2. The topological polar surface area (TPSA) is 86.7 Å². The molecule has 1 aliphatic heterocycles. The monoisotopic (exact) mass is 496 g/mol. The van der Waals surface area contributed by atoms with Gasteiger partial charge in [-0.05, 0) is 56.4 Å². The van der Waals surface area contributed by atoms with Gasteiger partial charge in [0.25, 0.3) is 5.91 Å². The highest BCUT2D eigenvalue weighted by Gasteiger charge is 2.50. The minimum Gasteiger partial charge on any atom is -0.381 e. The second kappa shape index (κ2) is 8.98. The largest absolute Gasteiger partial charge is 0.381 e. The van der Waals surface area contributed by atoms with Gasteiger partial charge in [-0.2, -0.15) is 0 Å². The van der Waals surface area contributed by atoms with E-state index in [1.54, 1.807) is 12.1 Å². The molecule has 0 spiro atoms. The van der Waals surface area contributed by atoms with E-state index >= 15 is 8.78 Å². The highest BCUT2D eigenvalue weighted by Crippen LogP contribution is 2.33. The van der Waals surface area contributed by atoms with Crippen molar-refractivity contribution >= 4 is 15.9 Å². The van der Waals surface area contributed by atoms with Crippen LogP contribution in [0.1, 0.15) is 32.3 Å². The molecule has 1 heterocycles. The summed E-state index contributed by atoms with van der Waals surface area (Å²) in [7, 11) is -3.81. The molecule has 6 nitrogen and oxygen atoms in total. The number of hydrogen-bond donors (Lipinski definition) is 2. The number of hydrogen-bond acceptors (Lipinski definition) is 4. The van der Waals surface area contributed by atoms with Crippen molar-refractivity contribution < 1.29 is 31.5 Å². The number of rotatable bonds is 7. The summed E-state index contributed by atoms with van der Waals surface area (Å²) in [6.07, 6.45) is -0.991. The van der Waals surface area contributed by atoms with Crippen molar-refractivity contribution in [2.75, 3.05) is 6.54 Å². The molecule has 3 atom stereocenters. The van der Waals surface area contributed by atoms with E-state index in [0.29, 0.717) is 18.4 Å². The normalized spacial score (nSPS) is 23.4. The van der Waals surface area contributed by atoms with Gasteiger partial charge in [0.15, 0.2) is 0 Å². The Morgan fingerprint density at radius 1 is 1.18 bits per heavy atom. The maximum Gasteiger partial charge on any atom is 0.254 e. The van der Waals surface area contributed by atoms with Crippen molar-refractivity contribution in [2.24, 2.45) is 0 Å². The molecule has 10 heteroatoms. The molecule has 0 radical (unpaired) electrons. The van der Waals surface area contributed by atoms with Crippen LogP contribution in [0.3, 0.4) is 0 Å². The van der Waals surface area contributed by atoms with Gasteiger partial charge in [0, 0.05) is 5.56 Å². The predicted octanol–water partition coefficient (Wildman–Crippen LogP) is 2.94. The molecule has 2 fully saturated rings. The second-order valence-corrected chi connectivity index (χ2v) is 11.5. The van der Waals surface area contributed by atoms with Crippen molar-refractivity contribution in [3.05, 3.63) is 59.7 Å². The summed E-state index contributed by atoms with van der Waals surface area (Å²) in [4.78, 5) is 14.0. The molecule has 0 aromatic heterocycles. The SMILES string of the molecule is CC(C)(O)C(=O)N1C[C@H](F)[C@H](NS(=O)(=O)C2CC2)[C@@H]1Cc1cccc(-c2cccc(F)c2)c1F. The fraction of sp³-hybridized carbons (Fsp3) is 0.458. The summed E-state index contributed by atoms with van der Waals surface area (Å²) in [6.45, 7) is 2.08. The molecule has 0 unspecified atom stereocenters. The number of carbonyl (C=O) groups is 1. The van der Waals surface area contributed by atoms with E-state index in [0.717, 1.165) is 4.90 Å². The van der Waals surface area contributed by atoms with E-state index in [2.05, 4.69) is 4.72 Å².